The van der Waals surface area contributed by atoms with Crippen LogP contribution in [0.2, 0.25) is 0 Å². The van der Waals surface area contributed by atoms with Crippen molar-refractivity contribution in [2.45, 2.75) is 32.4 Å². The predicted molar refractivity (Wildman–Crippen MR) is 125 cm³/mol. The largest absolute Gasteiger partial charge is 0.380 e. The molecule has 6 nitrogen and oxygen atoms in total. The summed E-state index contributed by atoms with van der Waals surface area (Å²) < 4.78 is 2.01. The van der Waals surface area contributed by atoms with Gasteiger partial charge in [-0.05, 0) is 49.1 Å². The lowest BCUT2D eigenvalue weighted by molar-refractivity contribution is 0.768. The van der Waals surface area contributed by atoms with Gasteiger partial charge >= 0.3 is 0 Å². The van der Waals surface area contributed by atoms with Crippen LogP contribution in [0.4, 0.5) is 17.2 Å². The second-order valence-electron chi connectivity index (χ2n) is 7.99. The maximum absolute atomic E-state index is 13.4. The molecule has 1 aliphatic carbocycles. The van der Waals surface area contributed by atoms with Gasteiger partial charge in [0.05, 0.1) is 17.3 Å². The van der Waals surface area contributed by atoms with Gasteiger partial charge in [0, 0.05) is 32.0 Å². The van der Waals surface area contributed by atoms with E-state index in [9.17, 15) is 4.79 Å². The van der Waals surface area contributed by atoms with Gasteiger partial charge in [-0.3, -0.25) is 4.79 Å². The first-order valence-electron chi connectivity index (χ1n) is 10.7. The zero-order valence-electron chi connectivity index (χ0n) is 17.7. The predicted octanol–water partition coefficient (Wildman–Crippen LogP) is 4.16. The van der Waals surface area contributed by atoms with Crippen LogP contribution in [-0.4, -0.2) is 27.6 Å². The molecule has 0 unspecified atom stereocenters. The maximum atomic E-state index is 13.4. The molecule has 0 spiro atoms. The van der Waals surface area contributed by atoms with E-state index < -0.39 is 0 Å². The van der Waals surface area contributed by atoms with Crippen LogP contribution < -0.4 is 15.6 Å². The Bertz CT molecular complexity index is 1270. The number of nitrogens with one attached hydrogen (secondary N) is 1. The highest BCUT2D eigenvalue weighted by Crippen LogP contribution is 2.26. The smallest absolute Gasteiger partial charge is 0.214 e. The minimum absolute atomic E-state index is 0.0429. The molecule has 0 amide bonds. The Morgan fingerprint density at radius 3 is 2.52 bits per heavy atom. The standard InChI is InChI=1S/C25H25N5O/c1-3-30-16-22(29(2)23-10-6-7-11-26-23)24(31)21-14-20(15-27-25(21)30)28-19-12-17-8-4-5-9-18(17)13-19/h4-11,14-16,19,28H,3,12-13H2,1-2H3. The molecule has 4 aromatic rings. The van der Waals surface area contributed by atoms with Crippen molar-refractivity contribution in [1.82, 2.24) is 14.5 Å². The SMILES string of the molecule is CCn1cc(N(C)c2ccccn2)c(=O)c2cc(NC3Cc4ccccc4C3)cnc21. The number of rotatable bonds is 5. The molecule has 0 aliphatic heterocycles. The molecule has 1 aromatic carbocycles. The fourth-order valence-electron chi connectivity index (χ4n) is 4.39. The summed E-state index contributed by atoms with van der Waals surface area (Å²) in [6, 6.07) is 16.5. The van der Waals surface area contributed by atoms with E-state index in [1.165, 1.54) is 11.1 Å². The minimum Gasteiger partial charge on any atom is -0.380 e. The van der Waals surface area contributed by atoms with E-state index in [-0.39, 0.29) is 5.43 Å². The van der Waals surface area contributed by atoms with E-state index in [0.717, 1.165) is 30.9 Å². The molecular formula is C25H25N5O. The van der Waals surface area contributed by atoms with Crippen LogP contribution in [0.15, 0.2) is 71.9 Å². The summed E-state index contributed by atoms with van der Waals surface area (Å²) in [4.78, 5) is 24.3. The summed E-state index contributed by atoms with van der Waals surface area (Å²) >= 11 is 0. The molecule has 3 aromatic heterocycles. The van der Waals surface area contributed by atoms with Crippen molar-refractivity contribution in [3.63, 3.8) is 0 Å². The molecule has 0 saturated carbocycles. The summed E-state index contributed by atoms with van der Waals surface area (Å²) in [5.74, 6) is 0.729. The lowest BCUT2D eigenvalue weighted by Crippen LogP contribution is -2.23. The molecule has 1 N–H and O–H groups in total. The van der Waals surface area contributed by atoms with Crippen LogP contribution in [0.1, 0.15) is 18.1 Å². The first kappa shape index (κ1) is 19.3. The van der Waals surface area contributed by atoms with Crippen molar-refractivity contribution >= 4 is 28.2 Å². The number of hydrogen-bond donors (Lipinski definition) is 1. The molecule has 3 heterocycles. The fourth-order valence-corrected chi connectivity index (χ4v) is 4.39. The van der Waals surface area contributed by atoms with Gasteiger partial charge in [-0.25, -0.2) is 9.97 Å². The lowest BCUT2D eigenvalue weighted by atomic mass is 10.1. The van der Waals surface area contributed by atoms with E-state index in [1.807, 2.05) is 53.2 Å². The zero-order chi connectivity index (χ0) is 21.4. The van der Waals surface area contributed by atoms with Gasteiger partial charge in [-0.1, -0.05) is 30.3 Å². The molecule has 0 fully saturated rings. The molecule has 1 aliphatic rings. The Kier molecular flexibility index (Phi) is 4.90. The topological polar surface area (TPSA) is 63.1 Å². The molecule has 5 rings (SSSR count). The molecule has 0 bridgehead atoms. The fraction of sp³-hybridized carbons (Fsp3) is 0.240. The summed E-state index contributed by atoms with van der Waals surface area (Å²) in [5.41, 5.74) is 4.90. The summed E-state index contributed by atoms with van der Waals surface area (Å²) in [7, 11) is 1.87. The number of pyridine rings is 3. The molecule has 0 atom stereocenters. The first-order valence-corrected chi connectivity index (χ1v) is 10.7. The van der Waals surface area contributed by atoms with Crippen LogP contribution in [0.25, 0.3) is 11.0 Å². The molecule has 156 valence electrons. The number of benzene rings is 1. The number of hydrogen-bond acceptors (Lipinski definition) is 5. The van der Waals surface area contributed by atoms with Crippen molar-refractivity contribution in [3.05, 3.63) is 88.5 Å². The Labute approximate surface area is 181 Å². The van der Waals surface area contributed by atoms with Gasteiger partial charge in [0.25, 0.3) is 0 Å². The third-order valence-corrected chi connectivity index (χ3v) is 6.01. The van der Waals surface area contributed by atoms with Gasteiger partial charge in [0.1, 0.15) is 17.2 Å². The summed E-state index contributed by atoms with van der Waals surface area (Å²) in [6.45, 7) is 2.77. The molecule has 31 heavy (non-hydrogen) atoms. The van der Waals surface area contributed by atoms with Crippen LogP contribution in [0.5, 0.6) is 0 Å². The average molecular weight is 412 g/mol. The molecule has 0 radical (unpaired) electrons. The van der Waals surface area contributed by atoms with Gasteiger partial charge in [-0.2, -0.15) is 0 Å². The minimum atomic E-state index is -0.0429. The van der Waals surface area contributed by atoms with E-state index in [0.29, 0.717) is 22.8 Å². The van der Waals surface area contributed by atoms with E-state index >= 15 is 0 Å². The zero-order valence-corrected chi connectivity index (χ0v) is 17.7. The highest BCUT2D eigenvalue weighted by atomic mass is 16.1. The second kappa shape index (κ2) is 7.87. The lowest BCUT2D eigenvalue weighted by Gasteiger charge is -2.20. The van der Waals surface area contributed by atoms with Crippen molar-refractivity contribution in [2.24, 2.45) is 0 Å². The maximum Gasteiger partial charge on any atom is 0.214 e. The first-order chi connectivity index (χ1) is 15.1. The molecule has 0 saturated heterocycles. The third-order valence-electron chi connectivity index (χ3n) is 6.01. The van der Waals surface area contributed by atoms with Crippen molar-refractivity contribution in [1.29, 1.82) is 0 Å². The number of anilines is 3. The van der Waals surface area contributed by atoms with E-state index in [4.69, 9.17) is 0 Å². The molecular weight excluding hydrogens is 386 g/mol. The Morgan fingerprint density at radius 1 is 1.10 bits per heavy atom. The van der Waals surface area contributed by atoms with E-state index in [2.05, 4.69) is 46.5 Å². The quantitative estimate of drug-likeness (QED) is 0.534. The van der Waals surface area contributed by atoms with Gasteiger partial charge in [0.15, 0.2) is 0 Å². The van der Waals surface area contributed by atoms with Crippen molar-refractivity contribution in [3.8, 4) is 0 Å². The van der Waals surface area contributed by atoms with Crippen molar-refractivity contribution < 1.29 is 0 Å². The highest BCUT2D eigenvalue weighted by Gasteiger charge is 2.21. The Balaban J connectivity index is 1.52. The van der Waals surface area contributed by atoms with E-state index in [1.54, 1.807) is 6.20 Å². The number of fused-ring (bicyclic) bond motifs is 2. The molecule has 6 heteroatoms. The number of nitrogens with zero attached hydrogens (tertiary/aromatic N) is 4. The monoisotopic (exact) mass is 411 g/mol. The van der Waals surface area contributed by atoms with Crippen molar-refractivity contribution in [2.75, 3.05) is 17.3 Å². The second-order valence-corrected chi connectivity index (χ2v) is 7.99. The summed E-state index contributed by atoms with van der Waals surface area (Å²) in [6.07, 6.45) is 7.40. The van der Waals surface area contributed by atoms with Gasteiger partial charge in [0.2, 0.25) is 5.43 Å². The van der Waals surface area contributed by atoms with Crippen LogP contribution in [0.3, 0.4) is 0 Å². The Hall–Kier alpha value is -3.67. The number of aryl methyl sites for hydroxylation is 1. The normalized spacial score (nSPS) is 13.4. The highest BCUT2D eigenvalue weighted by molar-refractivity contribution is 5.83. The average Bonchev–Trinajstić information content (AvgIpc) is 3.22. The van der Waals surface area contributed by atoms with Crippen LogP contribution in [0, 0.1) is 0 Å². The third kappa shape index (κ3) is 3.54. The van der Waals surface area contributed by atoms with Crippen LogP contribution >= 0.6 is 0 Å². The number of aromatic nitrogens is 3. The van der Waals surface area contributed by atoms with Gasteiger partial charge in [-0.15, -0.1) is 0 Å². The summed E-state index contributed by atoms with van der Waals surface area (Å²) in [5, 5.41) is 4.20. The van der Waals surface area contributed by atoms with Gasteiger partial charge < -0.3 is 14.8 Å². The Morgan fingerprint density at radius 2 is 1.84 bits per heavy atom. The van der Waals surface area contributed by atoms with Crippen LogP contribution in [-0.2, 0) is 19.4 Å².